The molecule has 0 saturated carbocycles. The molecule has 0 aliphatic heterocycles. The Morgan fingerprint density at radius 1 is 1.47 bits per heavy atom. The van der Waals surface area contributed by atoms with E-state index in [4.69, 9.17) is 0 Å². The molecule has 76 valence electrons. The van der Waals surface area contributed by atoms with E-state index in [0.29, 0.717) is 5.69 Å². The van der Waals surface area contributed by atoms with Gasteiger partial charge in [-0.05, 0) is 28.6 Å². The number of halogens is 1. The van der Waals surface area contributed by atoms with Crippen LogP contribution in [0.2, 0.25) is 0 Å². The van der Waals surface area contributed by atoms with E-state index < -0.39 is 5.82 Å². The zero-order valence-corrected chi connectivity index (χ0v) is 7.88. The molecule has 2 rings (SSSR count). The number of hydrogen-bond acceptors (Lipinski definition) is 4. The Hall–Kier alpha value is -2.11. The van der Waals surface area contributed by atoms with Gasteiger partial charge in [-0.2, -0.15) is 4.68 Å². The zero-order valence-electron chi connectivity index (χ0n) is 7.88. The van der Waals surface area contributed by atoms with E-state index in [0.717, 1.165) is 0 Å². The predicted octanol–water partition coefficient (Wildman–Crippen LogP) is 1.00. The van der Waals surface area contributed by atoms with Crippen LogP contribution in [0.5, 0.6) is 0 Å². The van der Waals surface area contributed by atoms with Crippen LogP contribution in [0.1, 0.15) is 17.5 Å². The maximum absolute atomic E-state index is 12.9. The fourth-order valence-corrected chi connectivity index (χ4v) is 1.19. The molecular formula is C9H7FN4O. The molecular weight excluding hydrogens is 199 g/mol. The molecule has 0 radical (unpaired) electrons. The Morgan fingerprint density at radius 2 is 2.27 bits per heavy atom. The minimum absolute atomic E-state index is 0.0839. The first-order valence-electron chi connectivity index (χ1n) is 4.24. The third-order valence-corrected chi connectivity index (χ3v) is 1.84. The maximum Gasteiger partial charge on any atom is 0.222 e. The topological polar surface area (TPSA) is 60.7 Å². The molecule has 1 aromatic heterocycles. The Kier molecular flexibility index (Phi) is 2.24. The number of Topliss-reactive ketones (excluding diaryl/α,β-unsaturated/α-hetero) is 1. The van der Waals surface area contributed by atoms with Crippen LogP contribution in [0.25, 0.3) is 5.69 Å². The molecule has 0 saturated heterocycles. The number of nitrogens with zero attached hydrogens (tertiary/aromatic N) is 4. The monoisotopic (exact) mass is 206 g/mol. The van der Waals surface area contributed by atoms with Crippen LogP contribution in [-0.2, 0) is 0 Å². The normalized spacial score (nSPS) is 10.3. The number of aromatic nitrogens is 4. The molecule has 0 amide bonds. The first-order valence-corrected chi connectivity index (χ1v) is 4.24. The van der Waals surface area contributed by atoms with Crippen molar-refractivity contribution in [2.75, 3.05) is 0 Å². The van der Waals surface area contributed by atoms with Gasteiger partial charge < -0.3 is 0 Å². The van der Waals surface area contributed by atoms with E-state index in [2.05, 4.69) is 15.5 Å². The van der Waals surface area contributed by atoms with Crippen LogP contribution in [0, 0.1) is 5.82 Å². The molecule has 0 spiro atoms. The van der Waals surface area contributed by atoms with Gasteiger partial charge in [-0.25, -0.2) is 4.39 Å². The second kappa shape index (κ2) is 3.56. The molecule has 2 aromatic rings. The number of rotatable bonds is 2. The highest BCUT2D eigenvalue weighted by Crippen LogP contribution is 2.09. The van der Waals surface area contributed by atoms with Gasteiger partial charge in [0.15, 0.2) is 5.78 Å². The smallest absolute Gasteiger partial charge is 0.222 e. The average molecular weight is 206 g/mol. The number of ketones is 1. The maximum atomic E-state index is 12.9. The van der Waals surface area contributed by atoms with Crippen molar-refractivity contribution in [3.8, 4) is 5.69 Å². The molecule has 0 aliphatic rings. The van der Waals surface area contributed by atoms with E-state index in [1.54, 1.807) is 6.07 Å². The van der Waals surface area contributed by atoms with Crippen molar-refractivity contribution < 1.29 is 9.18 Å². The summed E-state index contributed by atoms with van der Waals surface area (Å²) in [5.41, 5.74) is 0.421. The second-order valence-electron chi connectivity index (χ2n) is 2.95. The average Bonchev–Trinajstić information content (AvgIpc) is 2.65. The van der Waals surface area contributed by atoms with E-state index in [9.17, 15) is 9.18 Å². The van der Waals surface area contributed by atoms with Crippen molar-refractivity contribution in [1.82, 2.24) is 20.2 Å². The Labute approximate surface area is 84.5 Å². The Morgan fingerprint density at radius 3 is 2.93 bits per heavy atom. The zero-order chi connectivity index (χ0) is 10.8. The summed E-state index contributed by atoms with van der Waals surface area (Å²) in [4.78, 5) is 11.1. The van der Waals surface area contributed by atoms with Gasteiger partial charge in [-0.3, -0.25) is 4.79 Å². The highest BCUT2D eigenvalue weighted by Gasteiger charge is 2.12. The summed E-state index contributed by atoms with van der Waals surface area (Å²) in [6.45, 7) is 1.35. The van der Waals surface area contributed by atoms with Crippen molar-refractivity contribution in [2.45, 2.75) is 6.92 Å². The molecule has 0 atom stereocenters. The molecule has 1 heterocycles. The molecule has 5 nitrogen and oxygen atoms in total. The van der Waals surface area contributed by atoms with Crippen molar-refractivity contribution in [3.63, 3.8) is 0 Å². The summed E-state index contributed by atoms with van der Waals surface area (Å²) < 4.78 is 14.1. The van der Waals surface area contributed by atoms with Crippen molar-refractivity contribution >= 4 is 5.78 Å². The van der Waals surface area contributed by atoms with Gasteiger partial charge >= 0.3 is 0 Å². The van der Waals surface area contributed by atoms with Gasteiger partial charge in [0.1, 0.15) is 5.82 Å². The number of tetrazole rings is 1. The molecule has 6 heteroatoms. The number of carbonyl (C=O) groups is 1. The highest BCUT2D eigenvalue weighted by atomic mass is 19.1. The van der Waals surface area contributed by atoms with E-state index >= 15 is 0 Å². The van der Waals surface area contributed by atoms with Crippen LogP contribution in [0.4, 0.5) is 4.39 Å². The van der Waals surface area contributed by atoms with Gasteiger partial charge in [-0.15, -0.1) is 5.10 Å². The molecule has 0 fully saturated rings. The molecule has 0 N–H and O–H groups in total. The summed E-state index contributed by atoms with van der Waals surface area (Å²) in [5.74, 6) is -0.595. The SMILES string of the molecule is CC(=O)c1nnnn1-c1cccc(F)c1. The standard InChI is InChI=1S/C9H7FN4O/c1-6(15)9-11-12-13-14(9)8-4-2-3-7(10)5-8/h2-5H,1H3. The fourth-order valence-electron chi connectivity index (χ4n) is 1.19. The van der Waals surface area contributed by atoms with Crippen molar-refractivity contribution in [2.24, 2.45) is 0 Å². The van der Waals surface area contributed by atoms with Crippen LogP contribution in [0.3, 0.4) is 0 Å². The number of carbonyl (C=O) groups excluding carboxylic acids is 1. The van der Waals surface area contributed by atoms with Gasteiger partial charge in [0.2, 0.25) is 5.82 Å². The summed E-state index contributed by atoms with van der Waals surface area (Å²) >= 11 is 0. The first kappa shape index (κ1) is 9.45. The summed E-state index contributed by atoms with van der Waals surface area (Å²) in [7, 11) is 0. The lowest BCUT2D eigenvalue weighted by Gasteiger charge is -2.01. The van der Waals surface area contributed by atoms with E-state index in [1.807, 2.05) is 0 Å². The molecule has 0 unspecified atom stereocenters. The quantitative estimate of drug-likeness (QED) is 0.688. The predicted molar refractivity (Wildman–Crippen MR) is 49.1 cm³/mol. The summed E-state index contributed by atoms with van der Waals surface area (Å²) in [6, 6.07) is 5.70. The number of benzene rings is 1. The minimum atomic E-state index is -0.405. The highest BCUT2D eigenvalue weighted by molar-refractivity contribution is 5.90. The van der Waals surface area contributed by atoms with Crippen LogP contribution >= 0.6 is 0 Å². The number of hydrogen-bond donors (Lipinski definition) is 0. The van der Waals surface area contributed by atoms with E-state index in [1.165, 1.54) is 29.8 Å². The first-order chi connectivity index (χ1) is 7.18. The molecule has 0 aliphatic carbocycles. The van der Waals surface area contributed by atoms with Gasteiger partial charge in [-0.1, -0.05) is 6.07 Å². The molecule has 1 aromatic carbocycles. The van der Waals surface area contributed by atoms with Crippen LogP contribution in [0.15, 0.2) is 24.3 Å². The fraction of sp³-hybridized carbons (Fsp3) is 0.111. The van der Waals surface area contributed by atoms with Gasteiger partial charge in [0.05, 0.1) is 5.69 Å². The third kappa shape index (κ3) is 1.74. The summed E-state index contributed by atoms with van der Waals surface area (Å²) in [5, 5.41) is 10.5. The molecule has 0 bridgehead atoms. The lowest BCUT2D eigenvalue weighted by Crippen LogP contribution is -2.07. The largest absolute Gasteiger partial charge is 0.291 e. The van der Waals surface area contributed by atoms with Gasteiger partial charge in [0.25, 0.3) is 0 Å². The van der Waals surface area contributed by atoms with E-state index in [-0.39, 0.29) is 11.6 Å². The Balaban J connectivity index is 2.54. The molecule has 15 heavy (non-hydrogen) atoms. The van der Waals surface area contributed by atoms with Crippen LogP contribution < -0.4 is 0 Å². The minimum Gasteiger partial charge on any atom is -0.291 e. The lowest BCUT2D eigenvalue weighted by atomic mass is 10.3. The van der Waals surface area contributed by atoms with Crippen molar-refractivity contribution in [3.05, 3.63) is 35.9 Å². The van der Waals surface area contributed by atoms with Crippen molar-refractivity contribution in [1.29, 1.82) is 0 Å². The second-order valence-corrected chi connectivity index (χ2v) is 2.95. The van der Waals surface area contributed by atoms with Gasteiger partial charge in [0, 0.05) is 6.92 Å². The Bertz CT molecular complexity index is 508. The summed E-state index contributed by atoms with van der Waals surface area (Å²) in [6.07, 6.45) is 0. The third-order valence-electron chi connectivity index (χ3n) is 1.84. The van der Waals surface area contributed by atoms with Crippen LogP contribution in [-0.4, -0.2) is 26.0 Å². The lowest BCUT2D eigenvalue weighted by molar-refractivity contribution is 0.100.